The van der Waals surface area contributed by atoms with Crippen LogP contribution >= 0.6 is 0 Å². The van der Waals surface area contributed by atoms with Crippen LogP contribution in [0.3, 0.4) is 0 Å². The zero-order chi connectivity index (χ0) is 13.5. The van der Waals surface area contributed by atoms with Crippen LogP contribution in [-0.2, 0) is 15.3 Å². The van der Waals surface area contributed by atoms with Gasteiger partial charge < -0.3 is 5.73 Å². The Balaban J connectivity index is 2.12. The van der Waals surface area contributed by atoms with Gasteiger partial charge >= 0.3 is 0 Å². The van der Waals surface area contributed by atoms with Crippen molar-refractivity contribution in [1.82, 2.24) is 0 Å². The van der Waals surface area contributed by atoms with E-state index in [1.54, 1.807) is 6.07 Å². The van der Waals surface area contributed by atoms with Crippen LogP contribution in [0.4, 0.5) is 0 Å². The van der Waals surface area contributed by atoms with Crippen LogP contribution in [0.5, 0.6) is 0 Å². The van der Waals surface area contributed by atoms with E-state index >= 15 is 0 Å². The molecule has 0 amide bonds. The van der Waals surface area contributed by atoms with Crippen molar-refractivity contribution in [2.24, 2.45) is 5.73 Å². The van der Waals surface area contributed by atoms with Crippen LogP contribution < -0.4 is 5.73 Å². The van der Waals surface area contributed by atoms with Gasteiger partial charge in [-0.2, -0.15) is 0 Å². The molecule has 2 aliphatic rings. The summed E-state index contributed by atoms with van der Waals surface area (Å²) in [5.74, 6) is 0. The van der Waals surface area contributed by atoms with Gasteiger partial charge in [-0.1, -0.05) is 31.0 Å². The topological polar surface area (TPSA) is 60.2 Å². The van der Waals surface area contributed by atoms with Crippen LogP contribution in [-0.4, -0.2) is 20.2 Å². The molecule has 2 N–H and O–H groups in total. The summed E-state index contributed by atoms with van der Waals surface area (Å²) < 4.78 is 25.2. The number of hydrogen-bond acceptors (Lipinski definition) is 3. The van der Waals surface area contributed by atoms with E-state index in [1.807, 2.05) is 18.2 Å². The third kappa shape index (κ3) is 2.11. The first-order valence-corrected chi connectivity index (χ1v) is 8.68. The highest BCUT2D eigenvalue weighted by atomic mass is 32.2. The van der Waals surface area contributed by atoms with Gasteiger partial charge in [-0.15, -0.1) is 0 Å². The van der Waals surface area contributed by atoms with Crippen molar-refractivity contribution < 1.29 is 8.42 Å². The van der Waals surface area contributed by atoms with Crippen molar-refractivity contribution in [3.8, 4) is 0 Å². The van der Waals surface area contributed by atoms with E-state index in [1.165, 1.54) is 0 Å². The van der Waals surface area contributed by atoms with Gasteiger partial charge in [0.1, 0.15) is 0 Å². The van der Waals surface area contributed by atoms with Gasteiger partial charge in [0.15, 0.2) is 9.84 Å². The number of nitrogens with two attached hydrogens (primary N) is 1. The third-order valence-corrected chi connectivity index (χ3v) is 7.00. The molecule has 0 spiro atoms. The van der Waals surface area contributed by atoms with Gasteiger partial charge in [0.2, 0.25) is 0 Å². The summed E-state index contributed by atoms with van der Waals surface area (Å²) in [6.45, 7) is 0.546. The molecule has 0 bridgehead atoms. The lowest BCUT2D eigenvalue weighted by Crippen LogP contribution is -2.33. The number of sulfone groups is 1. The Morgan fingerprint density at radius 2 is 1.79 bits per heavy atom. The Kier molecular flexibility index (Phi) is 3.18. The van der Waals surface area contributed by atoms with Crippen molar-refractivity contribution in [3.63, 3.8) is 0 Å². The Bertz CT molecular complexity index is 570. The molecule has 1 aromatic rings. The fourth-order valence-electron chi connectivity index (χ4n) is 3.35. The van der Waals surface area contributed by atoms with Crippen molar-refractivity contribution in [1.29, 1.82) is 0 Å². The molecule has 0 aliphatic heterocycles. The molecule has 3 rings (SSSR count). The molecule has 2 fully saturated rings. The number of rotatable bonds is 4. The molecule has 0 radical (unpaired) electrons. The normalized spacial score (nSPS) is 22.6. The highest BCUT2D eigenvalue weighted by Gasteiger charge is 2.42. The first-order valence-electron chi connectivity index (χ1n) is 7.14. The Morgan fingerprint density at radius 3 is 2.37 bits per heavy atom. The molecule has 0 heterocycles. The average Bonchev–Trinajstić information content (AvgIpc) is 3.18. The van der Waals surface area contributed by atoms with Crippen LogP contribution in [0.1, 0.15) is 44.1 Å². The second kappa shape index (κ2) is 4.60. The Labute approximate surface area is 115 Å². The molecule has 2 aliphatic carbocycles. The van der Waals surface area contributed by atoms with E-state index in [-0.39, 0.29) is 10.7 Å². The summed E-state index contributed by atoms with van der Waals surface area (Å²) in [5.41, 5.74) is 6.87. The maximum Gasteiger partial charge on any atom is 0.181 e. The van der Waals surface area contributed by atoms with Crippen LogP contribution in [0.15, 0.2) is 29.2 Å². The Hall–Kier alpha value is -0.870. The molecular weight excluding hydrogens is 258 g/mol. The molecule has 0 aromatic heterocycles. The minimum Gasteiger partial charge on any atom is -0.330 e. The van der Waals surface area contributed by atoms with Gasteiger partial charge in [0.25, 0.3) is 0 Å². The Morgan fingerprint density at radius 1 is 1.16 bits per heavy atom. The quantitative estimate of drug-likeness (QED) is 0.920. The summed E-state index contributed by atoms with van der Waals surface area (Å²) in [5, 5.41) is -0.148. The lowest BCUT2D eigenvalue weighted by atomic mass is 9.79. The summed E-state index contributed by atoms with van der Waals surface area (Å²) in [7, 11) is -3.14. The summed E-state index contributed by atoms with van der Waals surface area (Å²) in [4.78, 5) is 0.546. The van der Waals surface area contributed by atoms with E-state index in [0.717, 1.165) is 44.1 Å². The minimum absolute atomic E-state index is 0.113. The summed E-state index contributed by atoms with van der Waals surface area (Å²) in [6, 6.07) is 7.53. The highest BCUT2D eigenvalue weighted by Crippen LogP contribution is 2.45. The fourth-order valence-corrected chi connectivity index (χ4v) is 5.32. The van der Waals surface area contributed by atoms with Gasteiger partial charge in [-0.3, -0.25) is 0 Å². The third-order valence-electron chi connectivity index (χ3n) is 4.68. The lowest BCUT2D eigenvalue weighted by molar-refractivity contribution is 0.443. The van der Waals surface area contributed by atoms with E-state index in [2.05, 4.69) is 0 Å². The monoisotopic (exact) mass is 279 g/mol. The van der Waals surface area contributed by atoms with Crippen molar-refractivity contribution >= 4 is 9.84 Å². The minimum atomic E-state index is -3.14. The van der Waals surface area contributed by atoms with E-state index in [9.17, 15) is 8.42 Å². The summed E-state index contributed by atoms with van der Waals surface area (Å²) in [6.07, 6.45) is 5.95. The van der Waals surface area contributed by atoms with Gasteiger partial charge in [0, 0.05) is 12.0 Å². The summed E-state index contributed by atoms with van der Waals surface area (Å²) >= 11 is 0. The van der Waals surface area contributed by atoms with E-state index in [4.69, 9.17) is 5.73 Å². The van der Waals surface area contributed by atoms with Gasteiger partial charge in [-0.25, -0.2) is 8.42 Å². The lowest BCUT2D eigenvalue weighted by Gasteiger charge is -2.30. The van der Waals surface area contributed by atoms with Crippen molar-refractivity contribution in [2.75, 3.05) is 6.54 Å². The molecule has 104 valence electrons. The maximum atomic E-state index is 12.6. The van der Waals surface area contributed by atoms with E-state index in [0.29, 0.717) is 11.4 Å². The van der Waals surface area contributed by atoms with Crippen LogP contribution in [0, 0.1) is 0 Å². The smallest absolute Gasteiger partial charge is 0.181 e. The second-order valence-electron chi connectivity index (χ2n) is 5.93. The molecular formula is C15H21NO2S. The first kappa shape index (κ1) is 13.1. The van der Waals surface area contributed by atoms with E-state index < -0.39 is 9.84 Å². The number of benzene rings is 1. The zero-order valence-electron chi connectivity index (χ0n) is 11.1. The molecule has 0 unspecified atom stereocenters. The molecule has 0 saturated heterocycles. The second-order valence-corrected chi connectivity index (χ2v) is 8.13. The fraction of sp³-hybridized carbons (Fsp3) is 0.600. The average molecular weight is 279 g/mol. The zero-order valence-corrected chi connectivity index (χ0v) is 12.0. The largest absolute Gasteiger partial charge is 0.330 e. The molecule has 4 heteroatoms. The molecule has 2 saturated carbocycles. The van der Waals surface area contributed by atoms with Gasteiger partial charge in [-0.05, 0) is 37.3 Å². The molecule has 3 nitrogen and oxygen atoms in total. The van der Waals surface area contributed by atoms with Gasteiger partial charge in [0.05, 0.1) is 10.1 Å². The predicted octanol–water partition coefficient (Wildman–Crippen LogP) is 2.39. The van der Waals surface area contributed by atoms with Crippen LogP contribution in [0.25, 0.3) is 0 Å². The SMILES string of the molecule is NCC1(c2ccccc2S(=O)(=O)C2CC2)CCCC1. The highest BCUT2D eigenvalue weighted by molar-refractivity contribution is 7.92. The van der Waals surface area contributed by atoms with Crippen molar-refractivity contribution in [3.05, 3.63) is 29.8 Å². The van der Waals surface area contributed by atoms with Crippen molar-refractivity contribution in [2.45, 2.75) is 54.1 Å². The molecule has 1 aromatic carbocycles. The molecule has 19 heavy (non-hydrogen) atoms. The molecule has 0 atom stereocenters. The standard InChI is InChI=1S/C15H21NO2S/c16-11-15(9-3-4-10-15)13-5-1-2-6-14(13)19(17,18)12-7-8-12/h1-2,5-6,12H,3-4,7-11,16H2. The van der Waals surface area contributed by atoms with Crippen LogP contribution in [0.2, 0.25) is 0 Å². The number of hydrogen-bond donors (Lipinski definition) is 1. The predicted molar refractivity (Wildman–Crippen MR) is 75.9 cm³/mol. The first-order chi connectivity index (χ1) is 9.10. The maximum absolute atomic E-state index is 12.6.